The highest BCUT2D eigenvalue weighted by molar-refractivity contribution is 6.31. The van der Waals surface area contributed by atoms with E-state index in [4.69, 9.17) is 11.6 Å². The number of hydrogen-bond donors (Lipinski definition) is 0. The Morgan fingerprint density at radius 3 is 2.43 bits per heavy atom. The van der Waals surface area contributed by atoms with Gasteiger partial charge < -0.3 is 0 Å². The highest BCUT2D eigenvalue weighted by Gasteiger charge is 2.19. The van der Waals surface area contributed by atoms with Gasteiger partial charge in [0.1, 0.15) is 0 Å². The molecule has 0 aliphatic rings. The molecule has 0 heterocycles. The quantitative estimate of drug-likeness (QED) is 0.567. The molecule has 0 bridgehead atoms. The molecule has 0 fully saturated rings. The van der Waals surface area contributed by atoms with Gasteiger partial charge in [-0.05, 0) is 12.5 Å². The van der Waals surface area contributed by atoms with Crippen molar-refractivity contribution in [2.45, 2.75) is 13.3 Å². The first kappa shape index (κ1) is 10.8. The number of nitro groups is 1. The van der Waals surface area contributed by atoms with Crippen molar-refractivity contribution in [1.82, 2.24) is 0 Å². The monoisotopic (exact) mass is 221 g/mol. The van der Waals surface area contributed by atoms with Crippen LogP contribution in [0.4, 0.5) is 14.5 Å². The Kier molecular flexibility index (Phi) is 3.00. The molecule has 0 aliphatic carbocycles. The lowest BCUT2D eigenvalue weighted by Gasteiger charge is -2.06. The summed E-state index contributed by atoms with van der Waals surface area (Å²) in [6, 6.07) is 2.00. The minimum absolute atomic E-state index is 0.124. The van der Waals surface area contributed by atoms with E-state index in [0.717, 1.165) is 12.1 Å². The Bertz CT molecular complexity index is 359. The third-order valence-corrected chi connectivity index (χ3v) is 2.06. The predicted molar refractivity (Wildman–Crippen MR) is 47.8 cm³/mol. The van der Waals surface area contributed by atoms with Crippen LogP contribution in [0.25, 0.3) is 0 Å². The molecule has 0 aromatic heterocycles. The summed E-state index contributed by atoms with van der Waals surface area (Å²) in [5.74, 6) is 0. The van der Waals surface area contributed by atoms with Crippen molar-refractivity contribution in [3.05, 3.63) is 38.4 Å². The van der Waals surface area contributed by atoms with E-state index in [1.165, 1.54) is 6.92 Å². The Morgan fingerprint density at radius 2 is 2.07 bits per heavy atom. The van der Waals surface area contributed by atoms with Crippen LogP contribution in [-0.4, -0.2) is 4.92 Å². The number of halogens is 3. The number of aryl methyl sites for hydroxylation is 1. The summed E-state index contributed by atoms with van der Waals surface area (Å²) < 4.78 is 24.7. The molecule has 76 valence electrons. The molecule has 0 amide bonds. The van der Waals surface area contributed by atoms with Crippen molar-refractivity contribution in [2.75, 3.05) is 0 Å². The fourth-order valence-electron chi connectivity index (χ4n) is 1.12. The van der Waals surface area contributed by atoms with Crippen LogP contribution < -0.4 is 0 Å². The van der Waals surface area contributed by atoms with Gasteiger partial charge in [0.25, 0.3) is 12.1 Å². The predicted octanol–water partition coefficient (Wildman–Crippen LogP) is 3.49. The maximum Gasteiger partial charge on any atom is 0.271 e. The lowest BCUT2D eigenvalue weighted by atomic mass is 10.1. The van der Waals surface area contributed by atoms with Crippen molar-refractivity contribution in [3.8, 4) is 0 Å². The number of hydrogen-bond acceptors (Lipinski definition) is 2. The molecule has 0 saturated heterocycles. The van der Waals surface area contributed by atoms with E-state index in [-0.39, 0.29) is 21.8 Å². The highest BCUT2D eigenvalue weighted by atomic mass is 35.5. The fourth-order valence-corrected chi connectivity index (χ4v) is 1.46. The minimum Gasteiger partial charge on any atom is -0.258 e. The lowest BCUT2D eigenvalue weighted by molar-refractivity contribution is -0.384. The maximum atomic E-state index is 12.4. The second kappa shape index (κ2) is 3.88. The van der Waals surface area contributed by atoms with Crippen LogP contribution >= 0.6 is 11.6 Å². The molecule has 0 aliphatic heterocycles. The zero-order valence-electron chi connectivity index (χ0n) is 7.13. The standard InChI is InChI=1S/C8H6ClF2NO2/c1-4-2-5(12(13)14)3-6(9)7(4)8(10)11/h2-3,8H,1H3. The van der Waals surface area contributed by atoms with Gasteiger partial charge >= 0.3 is 0 Å². The van der Waals surface area contributed by atoms with Gasteiger partial charge in [-0.25, -0.2) is 8.78 Å². The molecular formula is C8H6ClF2NO2. The normalized spacial score (nSPS) is 10.6. The van der Waals surface area contributed by atoms with E-state index in [9.17, 15) is 18.9 Å². The summed E-state index contributed by atoms with van der Waals surface area (Å²) in [6.07, 6.45) is -2.72. The molecule has 1 aromatic carbocycles. The molecule has 0 spiro atoms. The Morgan fingerprint density at radius 1 is 1.50 bits per heavy atom. The number of non-ortho nitro benzene ring substituents is 1. The molecule has 0 radical (unpaired) electrons. The van der Waals surface area contributed by atoms with Crippen LogP contribution in [0.3, 0.4) is 0 Å². The average Bonchev–Trinajstić information content (AvgIpc) is 2.01. The van der Waals surface area contributed by atoms with Crippen LogP contribution in [0.15, 0.2) is 12.1 Å². The molecule has 0 unspecified atom stereocenters. The summed E-state index contributed by atoms with van der Waals surface area (Å²) in [5.41, 5.74) is -0.506. The minimum atomic E-state index is -2.72. The smallest absolute Gasteiger partial charge is 0.258 e. The maximum absolute atomic E-state index is 12.4. The number of rotatable bonds is 2. The molecule has 0 atom stereocenters. The second-order valence-corrected chi connectivity index (χ2v) is 3.12. The third-order valence-electron chi connectivity index (χ3n) is 1.75. The van der Waals surface area contributed by atoms with Gasteiger partial charge in [-0.15, -0.1) is 0 Å². The molecule has 1 rings (SSSR count). The Hall–Kier alpha value is -1.23. The van der Waals surface area contributed by atoms with E-state index in [1.807, 2.05) is 0 Å². The van der Waals surface area contributed by atoms with Gasteiger partial charge in [0.2, 0.25) is 0 Å². The van der Waals surface area contributed by atoms with Crippen LogP contribution in [0.2, 0.25) is 5.02 Å². The van der Waals surface area contributed by atoms with Gasteiger partial charge in [-0.2, -0.15) is 0 Å². The molecule has 1 aromatic rings. The zero-order chi connectivity index (χ0) is 10.9. The zero-order valence-corrected chi connectivity index (χ0v) is 7.89. The summed E-state index contributed by atoms with van der Waals surface area (Å²) in [5, 5.41) is 10.1. The molecule has 14 heavy (non-hydrogen) atoms. The number of alkyl halides is 2. The van der Waals surface area contributed by atoms with E-state index in [1.54, 1.807) is 0 Å². The summed E-state index contributed by atoms with van der Waals surface area (Å²) in [6.45, 7) is 1.36. The number of benzene rings is 1. The number of nitro benzene ring substituents is 1. The molecule has 3 nitrogen and oxygen atoms in total. The molecule has 0 saturated carbocycles. The van der Waals surface area contributed by atoms with Crippen molar-refractivity contribution < 1.29 is 13.7 Å². The van der Waals surface area contributed by atoms with Gasteiger partial charge in [0.15, 0.2) is 0 Å². The van der Waals surface area contributed by atoms with Crippen molar-refractivity contribution in [1.29, 1.82) is 0 Å². The molecule has 6 heteroatoms. The SMILES string of the molecule is Cc1cc([N+](=O)[O-])cc(Cl)c1C(F)F. The highest BCUT2D eigenvalue weighted by Crippen LogP contribution is 2.33. The van der Waals surface area contributed by atoms with Crippen molar-refractivity contribution in [2.24, 2.45) is 0 Å². The van der Waals surface area contributed by atoms with Crippen molar-refractivity contribution in [3.63, 3.8) is 0 Å². The summed E-state index contributed by atoms with van der Waals surface area (Å²) in [7, 11) is 0. The average molecular weight is 222 g/mol. The van der Waals surface area contributed by atoms with E-state index in [0.29, 0.717) is 0 Å². The summed E-state index contributed by atoms with van der Waals surface area (Å²) >= 11 is 5.49. The third kappa shape index (κ3) is 1.98. The molecular weight excluding hydrogens is 216 g/mol. The Labute approximate surface area is 83.4 Å². The van der Waals surface area contributed by atoms with E-state index < -0.39 is 11.3 Å². The lowest BCUT2D eigenvalue weighted by Crippen LogP contribution is -1.95. The van der Waals surface area contributed by atoms with Gasteiger partial charge in [0.05, 0.1) is 9.95 Å². The van der Waals surface area contributed by atoms with E-state index in [2.05, 4.69) is 0 Å². The van der Waals surface area contributed by atoms with Crippen molar-refractivity contribution >= 4 is 17.3 Å². The van der Waals surface area contributed by atoms with Gasteiger partial charge in [-0.1, -0.05) is 11.6 Å². The molecule has 0 N–H and O–H groups in total. The number of nitrogens with zero attached hydrogens (tertiary/aromatic N) is 1. The van der Waals surface area contributed by atoms with Gasteiger partial charge in [-0.3, -0.25) is 10.1 Å². The largest absolute Gasteiger partial charge is 0.271 e. The second-order valence-electron chi connectivity index (χ2n) is 2.72. The van der Waals surface area contributed by atoms with Crippen LogP contribution in [0.1, 0.15) is 17.6 Å². The van der Waals surface area contributed by atoms with E-state index >= 15 is 0 Å². The topological polar surface area (TPSA) is 43.1 Å². The summed E-state index contributed by atoms with van der Waals surface area (Å²) in [4.78, 5) is 9.67. The Balaban J connectivity index is 3.32. The van der Waals surface area contributed by atoms with Crippen LogP contribution in [-0.2, 0) is 0 Å². The van der Waals surface area contributed by atoms with Gasteiger partial charge in [0, 0.05) is 17.7 Å². The van der Waals surface area contributed by atoms with Crippen LogP contribution in [0.5, 0.6) is 0 Å². The first-order valence-corrected chi connectivity index (χ1v) is 4.04. The van der Waals surface area contributed by atoms with Crippen LogP contribution in [0, 0.1) is 17.0 Å². The first-order valence-electron chi connectivity index (χ1n) is 3.66. The first-order chi connectivity index (χ1) is 6.43. The fraction of sp³-hybridized carbons (Fsp3) is 0.250.